The Morgan fingerprint density at radius 2 is 1.01 bits per heavy atom. The zero-order valence-electron chi connectivity index (χ0n) is 41.9. The summed E-state index contributed by atoms with van der Waals surface area (Å²) in [4.78, 5) is 28.4. The Morgan fingerprint density at radius 3 is 1.42 bits per heavy atom. The summed E-state index contributed by atoms with van der Waals surface area (Å²) in [5.41, 5.74) is -0.157. The van der Waals surface area contributed by atoms with E-state index in [-0.39, 0.29) is 48.3 Å². The fourth-order valence-corrected chi connectivity index (χ4v) is 18.9. The number of halogens is 1. The molecule has 8 saturated carbocycles. The molecule has 10 fully saturated rings. The molecule has 2 aliphatic heterocycles. The molecular formula is C57H100BrNO8. The van der Waals surface area contributed by atoms with E-state index in [2.05, 4.69) is 34.7 Å². The van der Waals surface area contributed by atoms with Crippen LogP contribution < -0.4 is 0 Å². The monoisotopic (exact) mass is 1010 g/mol. The van der Waals surface area contributed by atoms with Crippen molar-refractivity contribution in [2.75, 3.05) is 78.8 Å². The van der Waals surface area contributed by atoms with Gasteiger partial charge in [0, 0.05) is 52.4 Å². The largest absolute Gasteiger partial charge is 0.390 e. The predicted octanol–water partition coefficient (Wildman–Crippen LogP) is 11.4. The number of ether oxygens (including phenoxy) is 4. The number of aliphatic hydroxyl groups is 2. The van der Waals surface area contributed by atoms with Crippen molar-refractivity contribution in [3.63, 3.8) is 0 Å². The van der Waals surface area contributed by atoms with Crippen molar-refractivity contribution in [3.05, 3.63) is 0 Å². The summed E-state index contributed by atoms with van der Waals surface area (Å²) >= 11 is 3.43. The maximum atomic E-state index is 13.5. The van der Waals surface area contributed by atoms with Gasteiger partial charge in [0.2, 0.25) is 0 Å². The van der Waals surface area contributed by atoms with Crippen LogP contribution in [0.2, 0.25) is 0 Å². The Balaban J connectivity index is 0.000000193. The van der Waals surface area contributed by atoms with Gasteiger partial charge in [0.25, 0.3) is 0 Å². The summed E-state index contributed by atoms with van der Waals surface area (Å²) in [5.74, 6) is 6.83. The Bertz CT molecular complexity index is 1600. The average molecular weight is 1010 g/mol. The number of alkyl halides is 1. The number of hydrogen-bond donors (Lipinski definition) is 2. The van der Waals surface area contributed by atoms with Gasteiger partial charge in [-0.3, -0.25) is 14.5 Å². The van der Waals surface area contributed by atoms with Crippen LogP contribution in [0.5, 0.6) is 0 Å². The number of ketones is 2. The second-order valence-electron chi connectivity index (χ2n) is 25.0. The third-order valence-electron chi connectivity index (χ3n) is 21.6. The second kappa shape index (κ2) is 22.8. The van der Waals surface area contributed by atoms with Crippen LogP contribution in [0.1, 0.15) is 177 Å². The molecule has 0 aromatic carbocycles. The van der Waals surface area contributed by atoms with Crippen LogP contribution >= 0.6 is 15.9 Å². The second-order valence-corrected chi connectivity index (χ2v) is 25.6. The van der Waals surface area contributed by atoms with Gasteiger partial charge in [0.15, 0.2) is 0 Å². The van der Waals surface area contributed by atoms with Crippen molar-refractivity contribution in [1.82, 2.24) is 4.90 Å². The summed E-state index contributed by atoms with van der Waals surface area (Å²) in [6.07, 6.45) is 24.3. The smallest absolute Gasteiger partial charge is 0.150 e. The quantitative estimate of drug-likeness (QED) is 0.218. The number of Topliss-reactive ketones (excluding diaryl/α,β-unsaturated/α-hetero) is 2. The van der Waals surface area contributed by atoms with Crippen molar-refractivity contribution in [2.45, 2.75) is 189 Å². The molecule has 0 aromatic heterocycles. The molecule has 0 unspecified atom stereocenters. The van der Waals surface area contributed by atoms with Crippen LogP contribution in [-0.2, 0) is 28.5 Å². The first-order valence-electron chi connectivity index (χ1n) is 27.0. The van der Waals surface area contributed by atoms with Gasteiger partial charge in [-0.1, -0.05) is 44.6 Å². The van der Waals surface area contributed by atoms with E-state index in [0.717, 1.165) is 116 Å². The van der Waals surface area contributed by atoms with E-state index in [1.807, 2.05) is 28.1 Å². The molecule has 16 atom stereocenters. The molecule has 10 heteroatoms. The molecule has 10 aliphatic rings. The van der Waals surface area contributed by atoms with Gasteiger partial charge >= 0.3 is 0 Å². The molecule has 10 rings (SSSR count). The Kier molecular flexibility index (Phi) is 19.0. The zero-order chi connectivity index (χ0) is 46.3. The number of morpholine rings is 1. The first-order valence-corrected chi connectivity index (χ1v) is 28.1. The van der Waals surface area contributed by atoms with Crippen LogP contribution in [0.3, 0.4) is 0 Å². The third kappa shape index (κ3) is 10.9. The lowest BCUT2D eigenvalue weighted by atomic mass is 9.43. The van der Waals surface area contributed by atoms with Crippen LogP contribution in [0.4, 0.5) is 0 Å². The summed E-state index contributed by atoms with van der Waals surface area (Å²) in [6.45, 7) is 16.6. The lowest BCUT2D eigenvalue weighted by Crippen LogP contribution is -2.58. The van der Waals surface area contributed by atoms with Crippen LogP contribution in [0.15, 0.2) is 0 Å². The predicted molar refractivity (Wildman–Crippen MR) is 273 cm³/mol. The number of hydrogen-bond acceptors (Lipinski definition) is 9. The van der Waals surface area contributed by atoms with E-state index in [1.165, 1.54) is 83.5 Å². The van der Waals surface area contributed by atoms with E-state index >= 15 is 0 Å². The van der Waals surface area contributed by atoms with Gasteiger partial charge in [-0.05, 0) is 218 Å². The molecular weight excluding hydrogens is 907 g/mol. The number of rotatable bonds is 9. The Hall–Kier alpha value is -0.460. The normalized spacial score (nSPS) is 46.6. The van der Waals surface area contributed by atoms with Gasteiger partial charge < -0.3 is 29.2 Å². The minimum absolute atomic E-state index is 0. The van der Waals surface area contributed by atoms with E-state index < -0.39 is 11.2 Å². The maximum absolute atomic E-state index is 13.5. The van der Waals surface area contributed by atoms with E-state index in [1.54, 1.807) is 0 Å². The minimum Gasteiger partial charge on any atom is -0.390 e. The number of nitrogens with zero attached hydrogens (tertiary/aromatic N) is 1. The summed E-state index contributed by atoms with van der Waals surface area (Å²) in [5, 5.41) is 22.1. The molecule has 0 bridgehead atoms. The van der Waals surface area contributed by atoms with E-state index in [0.29, 0.717) is 58.9 Å². The van der Waals surface area contributed by atoms with Crippen molar-refractivity contribution in [2.24, 2.45) is 80.8 Å². The lowest BCUT2D eigenvalue weighted by Gasteiger charge is -2.62. The first-order chi connectivity index (χ1) is 31.1. The van der Waals surface area contributed by atoms with Gasteiger partial charge in [-0.15, -0.1) is 0 Å². The number of methoxy groups -OCH3 is 2. The van der Waals surface area contributed by atoms with Gasteiger partial charge in [-0.2, -0.15) is 0 Å². The van der Waals surface area contributed by atoms with Gasteiger partial charge in [0.05, 0.1) is 49.5 Å². The van der Waals surface area contributed by atoms with Crippen molar-refractivity contribution in [3.8, 4) is 0 Å². The Labute approximate surface area is 417 Å². The molecule has 0 radical (unpaired) electrons. The van der Waals surface area contributed by atoms with Crippen molar-refractivity contribution < 1.29 is 38.7 Å². The lowest BCUT2D eigenvalue weighted by molar-refractivity contribution is -0.175. The van der Waals surface area contributed by atoms with Crippen LogP contribution in [0, 0.1) is 80.8 Å². The highest BCUT2D eigenvalue weighted by atomic mass is 79.9. The highest BCUT2D eigenvalue weighted by Gasteiger charge is 2.65. The highest BCUT2D eigenvalue weighted by molar-refractivity contribution is 9.09. The molecule has 388 valence electrons. The standard InChI is InChI=1S/C27H45NO4.C23H37BrO3.C5H10O.2CH4/c1-25(30)10-11-27(18-31-3)19(16-25)4-5-20-21-6-7-23(26(21,2)9-8-22(20)27)24(29)17-28-12-14-32-15-13-28;1-21(26)10-11-23(14-27-3)15(12-21)4-5-16-17-6-7-19(20(25)13-24)22(17,2)9-8-18(16)23;1-2-4-6-5-3-1;;/h19-23,30H,4-18H2,1-3H3;15-19,26H,4-14H2,1-3H3;1-5H2;2*1H4/t19-,20-,21-,22-,23+,25+,26-,27+;15-,16-,17-,18-,19+,21+,22-,23+;;;/m00.../s1. The topological polar surface area (TPSA) is 115 Å². The molecule has 67 heavy (non-hydrogen) atoms. The van der Waals surface area contributed by atoms with E-state index in [4.69, 9.17) is 18.9 Å². The van der Waals surface area contributed by atoms with Crippen LogP contribution in [-0.4, -0.2) is 117 Å². The maximum Gasteiger partial charge on any atom is 0.150 e. The molecule has 0 amide bonds. The first kappa shape index (κ1) is 55.8. The minimum atomic E-state index is -0.512. The molecule has 8 aliphatic carbocycles. The number of carbonyl (C=O) groups is 2. The molecule has 0 spiro atoms. The molecule has 0 aromatic rings. The van der Waals surface area contributed by atoms with Crippen molar-refractivity contribution >= 4 is 27.5 Å². The van der Waals surface area contributed by atoms with Crippen molar-refractivity contribution in [1.29, 1.82) is 0 Å². The highest BCUT2D eigenvalue weighted by Crippen LogP contribution is 2.70. The average Bonchev–Trinajstić information content (AvgIpc) is 3.84. The molecule has 9 nitrogen and oxygen atoms in total. The summed E-state index contributed by atoms with van der Waals surface area (Å²) in [6, 6.07) is 0. The van der Waals surface area contributed by atoms with E-state index in [9.17, 15) is 19.8 Å². The Morgan fingerprint density at radius 1 is 0.567 bits per heavy atom. The van der Waals surface area contributed by atoms with Gasteiger partial charge in [-0.25, -0.2) is 0 Å². The third-order valence-corrected chi connectivity index (χ3v) is 22.2. The molecule has 2 N–H and O–H groups in total. The molecule has 2 heterocycles. The zero-order valence-corrected chi connectivity index (χ0v) is 43.4. The fraction of sp³-hybridized carbons (Fsp3) is 0.965. The SMILES string of the molecule is C.C.C1CCOCC1.COC[C@]12CC[C@@](C)(O)C[C@@H]1CC[C@H]1[C@@H]3CC[C@H](C(=O)CBr)[C@@]3(C)CC[C@@H]12.COC[C@]12CC[C@@](C)(O)C[C@@H]1CC[C@H]1[C@@H]3CC[C@H](C(=O)CN4CCOCC4)[C@@]3(C)CC[C@@H]12. The number of fused-ring (bicyclic) bond motifs is 10. The van der Waals surface area contributed by atoms with Crippen LogP contribution in [0.25, 0.3) is 0 Å². The fourth-order valence-electron chi connectivity index (χ4n) is 18.5. The summed E-state index contributed by atoms with van der Waals surface area (Å²) < 4.78 is 22.3. The molecule has 2 saturated heterocycles. The summed E-state index contributed by atoms with van der Waals surface area (Å²) in [7, 11) is 3.72. The number of carbonyl (C=O) groups excluding carboxylic acids is 2. The van der Waals surface area contributed by atoms with Gasteiger partial charge in [0.1, 0.15) is 11.6 Å².